The minimum atomic E-state index is -0.925. The first-order valence-electron chi connectivity index (χ1n) is 11.9. The van der Waals surface area contributed by atoms with Gasteiger partial charge in [0.2, 0.25) is 0 Å². The quantitative estimate of drug-likeness (QED) is 0.710. The van der Waals surface area contributed by atoms with Crippen LogP contribution in [-0.2, 0) is 15.9 Å². The third-order valence-corrected chi connectivity index (χ3v) is 7.46. The topological polar surface area (TPSA) is 58.1 Å². The predicted molar refractivity (Wildman–Crippen MR) is 128 cm³/mol. The lowest BCUT2D eigenvalue weighted by molar-refractivity contribution is -0.0713. The van der Waals surface area contributed by atoms with E-state index in [2.05, 4.69) is 39.8 Å². The molecule has 0 spiro atoms. The van der Waals surface area contributed by atoms with Crippen molar-refractivity contribution in [3.05, 3.63) is 59.3 Å². The van der Waals surface area contributed by atoms with Gasteiger partial charge in [-0.05, 0) is 43.6 Å². The van der Waals surface area contributed by atoms with E-state index >= 15 is 0 Å². The highest BCUT2D eigenvalue weighted by atomic mass is 16.5. The van der Waals surface area contributed by atoms with Crippen molar-refractivity contribution in [2.24, 2.45) is 5.92 Å². The van der Waals surface area contributed by atoms with Gasteiger partial charge in [0.15, 0.2) is 0 Å². The van der Waals surface area contributed by atoms with Crippen LogP contribution in [0.5, 0.6) is 0 Å². The van der Waals surface area contributed by atoms with E-state index < -0.39 is 5.60 Å². The van der Waals surface area contributed by atoms with Crippen LogP contribution >= 0.6 is 0 Å². The first-order valence-corrected chi connectivity index (χ1v) is 11.9. The maximum absolute atomic E-state index is 11.3. The molecule has 6 nitrogen and oxygen atoms in total. The summed E-state index contributed by atoms with van der Waals surface area (Å²) in [5.41, 5.74) is 2.09. The lowest BCUT2D eigenvalue weighted by Gasteiger charge is -2.47. The molecule has 1 aromatic carbocycles. The number of aliphatic hydroxyl groups is 1. The van der Waals surface area contributed by atoms with Gasteiger partial charge in [0.25, 0.3) is 0 Å². The average Bonchev–Trinajstić information content (AvgIpc) is 3.28. The Labute approximate surface area is 196 Å². The number of ether oxygens (including phenoxy) is 2. The molecule has 2 bridgehead atoms. The maximum Gasteiger partial charge on any atom is 0.141 e. The fourth-order valence-corrected chi connectivity index (χ4v) is 5.44. The molecule has 1 N–H and O–H groups in total. The number of anilines is 1. The van der Waals surface area contributed by atoms with Gasteiger partial charge >= 0.3 is 0 Å². The van der Waals surface area contributed by atoms with Crippen LogP contribution < -0.4 is 4.90 Å². The van der Waals surface area contributed by atoms with Crippen molar-refractivity contribution < 1.29 is 14.6 Å². The molecular formula is C27H33N3O3. The number of pyridine rings is 1. The Bertz CT molecular complexity index is 1010. The van der Waals surface area contributed by atoms with Crippen LogP contribution in [0.25, 0.3) is 0 Å². The number of hydrogen-bond donors (Lipinski definition) is 1. The second-order valence-electron chi connectivity index (χ2n) is 9.50. The molecule has 0 radical (unpaired) electrons. The molecule has 3 atom stereocenters. The Kier molecular flexibility index (Phi) is 6.40. The van der Waals surface area contributed by atoms with Gasteiger partial charge in [0.1, 0.15) is 23.6 Å². The molecule has 4 fully saturated rings. The monoisotopic (exact) mass is 447 g/mol. The molecule has 4 aliphatic rings. The Morgan fingerprint density at radius 2 is 1.73 bits per heavy atom. The molecule has 0 amide bonds. The van der Waals surface area contributed by atoms with Crippen LogP contribution in [0.3, 0.4) is 0 Å². The summed E-state index contributed by atoms with van der Waals surface area (Å²) in [4.78, 5) is 9.59. The Morgan fingerprint density at radius 1 is 1.03 bits per heavy atom. The molecule has 1 aromatic heterocycles. The first-order chi connectivity index (χ1) is 16.1. The molecule has 174 valence electrons. The summed E-state index contributed by atoms with van der Waals surface area (Å²) in [6, 6.07) is 14.4. The van der Waals surface area contributed by atoms with Crippen LogP contribution in [0.2, 0.25) is 0 Å². The highest BCUT2D eigenvalue weighted by molar-refractivity contribution is 5.50. The van der Waals surface area contributed by atoms with Crippen molar-refractivity contribution in [1.82, 2.24) is 9.88 Å². The summed E-state index contributed by atoms with van der Waals surface area (Å²) in [6.07, 6.45) is 2.80. The molecule has 6 heteroatoms. The zero-order chi connectivity index (χ0) is 22.8. The van der Waals surface area contributed by atoms with Gasteiger partial charge in [-0.25, -0.2) is 4.98 Å². The summed E-state index contributed by atoms with van der Waals surface area (Å²) in [7, 11) is 3.46. The number of rotatable bonds is 5. The number of methoxy groups -OCH3 is 2. The van der Waals surface area contributed by atoms with Gasteiger partial charge in [-0.3, -0.25) is 4.90 Å². The number of benzene rings is 1. The van der Waals surface area contributed by atoms with Gasteiger partial charge in [-0.2, -0.15) is 0 Å². The van der Waals surface area contributed by atoms with Gasteiger partial charge in [0.05, 0.1) is 5.69 Å². The summed E-state index contributed by atoms with van der Waals surface area (Å²) in [5, 5.41) is 11.3. The zero-order valence-corrected chi connectivity index (χ0v) is 19.5. The molecule has 2 aromatic rings. The fraction of sp³-hybridized carbons (Fsp3) is 0.519. The normalized spacial score (nSPS) is 30.8. The minimum absolute atomic E-state index is 0.0276. The molecule has 4 saturated heterocycles. The number of fused-ring (bicyclic) bond motifs is 3. The maximum atomic E-state index is 11.3. The van der Waals surface area contributed by atoms with Crippen molar-refractivity contribution in [3.8, 4) is 11.8 Å². The number of nitrogens with zero attached hydrogens (tertiary/aromatic N) is 3. The van der Waals surface area contributed by atoms with E-state index in [-0.39, 0.29) is 18.1 Å². The largest absolute Gasteiger partial charge is 0.377 e. The SMILES string of the molecule is COC1CN(c2ccc(C#C[C@@]3(O)CN4CCC3CC4)c(Cc3ccccc3)n2)CC1OC. The standard InChI is InChI=1S/C27H33N3O3/c1-32-24-17-30(18-25(24)33-2)26-9-8-21(23(28-26)16-20-6-4-3-5-7-20)10-13-27(31)19-29-14-11-22(27)12-15-29/h3-9,22,24-25,31H,11-12,14-19H2,1-2H3/t24?,25?,27-/m1/s1. The second kappa shape index (κ2) is 9.44. The van der Waals surface area contributed by atoms with Gasteiger partial charge < -0.3 is 19.5 Å². The van der Waals surface area contributed by atoms with E-state index in [1.165, 1.54) is 5.56 Å². The Morgan fingerprint density at radius 3 is 2.33 bits per heavy atom. The summed E-state index contributed by atoms with van der Waals surface area (Å²) < 4.78 is 11.2. The average molecular weight is 448 g/mol. The highest BCUT2D eigenvalue weighted by Crippen LogP contribution is 2.35. The van der Waals surface area contributed by atoms with Gasteiger partial charge in [0, 0.05) is 51.8 Å². The van der Waals surface area contributed by atoms with Crippen molar-refractivity contribution in [1.29, 1.82) is 0 Å². The van der Waals surface area contributed by atoms with Crippen LogP contribution in [-0.4, -0.2) is 79.7 Å². The van der Waals surface area contributed by atoms with E-state index in [0.717, 1.165) is 56.1 Å². The van der Waals surface area contributed by atoms with Crippen LogP contribution in [0.4, 0.5) is 5.82 Å². The van der Waals surface area contributed by atoms with Crippen LogP contribution in [0.15, 0.2) is 42.5 Å². The van der Waals surface area contributed by atoms with E-state index in [9.17, 15) is 5.11 Å². The van der Waals surface area contributed by atoms with Gasteiger partial charge in [-0.1, -0.05) is 42.2 Å². The third kappa shape index (κ3) is 4.64. The van der Waals surface area contributed by atoms with Gasteiger partial charge in [-0.15, -0.1) is 0 Å². The third-order valence-electron chi connectivity index (χ3n) is 7.46. The molecule has 4 aliphatic heterocycles. The molecule has 2 unspecified atom stereocenters. The number of aromatic nitrogens is 1. The zero-order valence-electron chi connectivity index (χ0n) is 19.5. The molecular weight excluding hydrogens is 414 g/mol. The molecule has 33 heavy (non-hydrogen) atoms. The molecule has 0 saturated carbocycles. The van der Waals surface area contributed by atoms with E-state index in [1.54, 1.807) is 14.2 Å². The fourth-order valence-electron chi connectivity index (χ4n) is 5.44. The van der Waals surface area contributed by atoms with E-state index in [1.807, 2.05) is 24.3 Å². The van der Waals surface area contributed by atoms with Crippen molar-refractivity contribution in [3.63, 3.8) is 0 Å². The molecule has 5 heterocycles. The summed E-state index contributed by atoms with van der Waals surface area (Å²) >= 11 is 0. The minimum Gasteiger partial charge on any atom is -0.377 e. The number of hydrogen-bond acceptors (Lipinski definition) is 6. The van der Waals surface area contributed by atoms with E-state index in [4.69, 9.17) is 14.5 Å². The lowest BCUT2D eigenvalue weighted by Crippen LogP contribution is -2.58. The predicted octanol–water partition coefficient (Wildman–Crippen LogP) is 2.33. The van der Waals surface area contributed by atoms with Crippen molar-refractivity contribution >= 4 is 5.82 Å². The smallest absolute Gasteiger partial charge is 0.141 e. The Balaban J connectivity index is 1.45. The van der Waals surface area contributed by atoms with E-state index in [0.29, 0.717) is 13.0 Å². The van der Waals surface area contributed by atoms with Crippen molar-refractivity contribution in [2.75, 3.05) is 51.8 Å². The van der Waals surface area contributed by atoms with Crippen LogP contribution in [0, 0.1) is 17.8 Å². The summed E-state index contributed by atoms with van der Waals surface area (Å²) in [5.74, 6) is 7.77. The lowest BCUT2D eigenvalue weighted by atomic mass is 9.75. The molecule has 0 aliphatic carbocycles. The molecule has 6 rings (SSSR count). The number of piperidine rings is 3. The highest BCUT2D eigenvalue weighted by Gasteiger charge is 2.44. The van der Waals surface area contributed by atoms with Crippen molar-refractivity contribution in [2.45, 2.75) is 37.1 Å². The summed E-state index contributed by atoms with van der Waals surface area (Å²) in [6.45, 7) is 4.29. The Hall–Kier alpha value is -2.43. The van der Waals surface area contributed by atoms with Crippen LogP contribution in [0.1, 0.15) is 29.7 Å². The second-order valence-corrected chi connectivity index (χ2v) is 9.50. The first kappa shape index (κ1) is 22.4.